The first-order valence-corrected chi connectivity index (χ1v) is 10.7. The van der Waals surface area contributed by atoms with Crippen LogP contribution in [0.25, 0.3) is 0 Å². The lowest BCUT2D eigenvalue weighted by Crippen LogP contribution is -2.14. The highest BCUT2D eigenvalue weighted by atomic mass is 16.6. The van der Waals surface area contributed by atoms with E-state index in [4.69, 9.17) is 23.7 Å². The third kappa shape index (κ3) is 19.9. The summed E-state index contributed by atoms with van der Waals surface area (Å²) in [5.74, 6) is 0.527. The molecule has 1 unspecified atom stereocenters. The number of carbonyl (C=O) groups is 1. The number of carbonyl (C=O) groups excluding carboxylic acids is 1. The van der Waals surface area contributed by atoms with Crippen LogP contribution < -0.4 is 0 Å². The summed E-state index contributed by atoms with van der Waals surface area (Å²) in [4.78, 5) is 11.3. The fourth-order valence-electron chi connectivity index (χ4n) is 2.41. The summed E-state index contributed by atoms with van der Waals surface area (Å²) < 4.78 is 27.0. The van der Waals surface area contributed by atoms with E-state index < -0.39 is 0 Å². The van der Waals surface area contributed by atoms with Crippen molar-refractivity contribution in [2.24, 2.45) is 5.92 Å². The zero-order valence-electron chi connectivity index (χ0n) is 17.8. The lowest BCUT2D eigenvalue weighted by molar-refractivity contribution is -0.144. The van der Waals surface area contributed by atoms with Gasteiger partial charge in [-0.1, -0.05) is 40.0 Å². The zero-order chi connectivity index (χ0) is 20.0. The molecular weight excluding hydrogens is 348 g/mol. The van der Waals surface area contributed by atoms with Gasteiger partial charge in [0.1, 0.15) is 0 Å². The number of esters is 1. The smallest absolute Gasteiger partial charge is 0.305 e. The summed E-state index contributed by atoms with van der Waals surface area (Å²) in [6.07, 6.45) is 6.92. The third-order valence-electron chi connectivity index (χ3n) is 4.15. The fraction of sp³-hybridized carbons (Fsp3) is 0.952. The van der Waals surface area contributed by atoms with E-state index in [1.165, 1.54) is 25.7 Å². The summed E-state index contributed by atoms with van der Waals surface area (Å²) in [6, 6.07) is 0. The molecule has 0 radical (unpaired) electrons. The predicted octanol–water partition coefficient (Wildman–Crippen LogP) is 4.00. The van der Waals surface area contributed by atoms with Crippen LogP contribution in [0, 0.1) is 5.92 Å². The van der Waals surface area contributed by atoms with Crippen molar-refractivity contribution in [2.45, 2.75) is 65.7 Å². The molecule has 0 aliphatic rings. The topological polar surface area (TPSA) is 63.2 Å². The Morgan fingerprint density at radius 3 is 1.85 bits per heavy atom. The Labute approximate surface area is 166 Å². The van der Waals surface area contributed by atoms with Crippen LogP contribution in [0.4, 0.5) is 0 Å². The molecule has 0 bridgehead atoms. The molecule has 0 aromatic carbocycles. The molecule has 162 valence electrons. The van der Waals surface area contributed by atoms with E-state index in [2.05, 4.69) is 13.8 Å². The summed E-state index contributed by atoms with van der Waals surface area (Å²) in [5, 5.41) is 0. The molecular formula is C21H42O6. The molecule has 0 spiro atoms. The Hall–Kier alpha value is -0.690. The van der Waals surface area contributed by atoms with Gasteiger partial charge < -0.3 is 23.7 Å². The Bertz CT molecular complexity index is 311. The van der Waals surface area contributed by atoms with E-state index in [0.717, 1.165) is 13.0 Å². The Morgan fingerprint density at radius 1 is 0.704 bits per heavy atom. The normalized spacial score (nSPS) is 12.3. The zero-order valence-corrected chi connectivity index (χ0v) is 17.8. The minimum Gasteiger partial charge on any atom is -0.466 e. The molecule has 0 aromatic rings. The van der Waals surface area contributed by atoms with Crippen LogP contribution in [0.5, 0.6) is 0 Å². The van der Waals surface area contributed by atoms with Crippen molar-refractivity contribution >= 4 is 5.97 Å². The minimum absolute atomic E-state index is 0.149. The molecule has 0 aliphatic heterocycles. The second-order valence-electron chi connectivity index (χ2n) is 6.65. The van der Waals surface area contributed by atoms with Crippen molar-refractivity contribution in [2.75, 3.05) is 59.5 Å². The van der Waals surface area contributed by atoms with Gasteiger partial charge in [-0.05, 0) is 25.2 Å². The maximum absolute atomic E-state index is 11.3. The molecule has 27 heavy (non-hydrogen) atoms. The molecule has 0 heterocycles. The van der Waals surface area contributed by atoms with Gasteiger partial charge in [0.25, 0.3) is 0 Å². The van der Waals surface area contributed by atoms with Crippen LogP contribution in [-0.2, 0) is 28.5 Å². The van der Waals surface area contributed by atoms with Gasteiger partial charge in [-0.25, -0.2) is 0 Å². The Balaban J connectivity index is 3.19. The average molecular weight is 391 g/mol. The van der Waals surface area contributed by atoms with Crippen LogP contribution in [0.2, 0.25) is 0 Å². The summed E-state index contributed by atoms with van der Waals surface area (Å²) in [5.41, 5.74) is 0. The average Bonchev–Trinajstić information content (AvgIpc) is 2.68. The molecule has 6 nitrogen and oxygen atoms in total. The molecule has 0 saturated heterocycles. The molecule has 0 N–H and O–H groups in total. The SMILES string of the molecule is CCCCC(CC)COCCOCCOCCOCCCC(=O)OCCC. The number of ether oxygens (including phenoxy) is 5. The number of rotatable bonds is 21. The molecule has 1 atom stereocenters. The van der Waals surface area contributed by atoms with Gasteiger partial charge in [-0.2, -0.15) is 0 Å². The minimum atomic E-state index is -0.149. The van der Waals surface area contributed by atoms with Gasteiger partial charge >= 0.3 is 5.97 Å². The van der Waals surface area contributed by atoms with Crippen molar-refractivity contribution in [3.63, 3.8) is 0 Å². The van der Waals surface area contributed by atoms with Crippen molar-refractivity contribution in [1.29, 1.82) is 0 Å². The van der Waals surface area contributed by atoms with Crippen molar-refractivity contribution in [1.82, 2.24) is 0 Å². The summed E-state index contributed by atoms with van der Waals surface area (Å²) in [6.45, 7) is 11.8. The largest absolute Gasteiger partial charge is 0.466 e. The van der Waals surface area contributed by atoms with Crippen molar-refractivity contribution in [3.8, 4) is 0 Å². The van der Waals surface area contributed by atoms with E-state index in [0.29, 0.717) is 71.6 Å². The van der Waals surface area contributed by atoms with E-state index in [1.807, 2.05) is 6.92 Å². The van der Waals surface area contributed by atoms with Gasteiger partial charge in [0.2, 0.25) is 0 Å². The lowest BCUT2D eigenvalue weighted by Gasteiger charge is -2.14. The van der Waals surface area contributed by atoms with E-state index in [-0.39, 0.29) is 5.97 Å². The van der Waals surface area contributed by atoms with E-state index in [1.54, 1.807) is 0 Å². The standard InChI is InChI=1S/C21H42O6/c1-4-7-9-20(6-3)19-26-18-17-25-16-15-24-14-13-23-12-8-10-21(22)27-11-5-2/h20H,4-19H2,1-3H3. The highest BCUT2D eigenvalue weighted by Gasteiger charge is 2.05. The predicted molar refractivity (Wildman–Crippen MR) is 107 cm³/mol. The number of unbranched alkanes of at least 4 members (excludes halogenated alkanes) is 1. The van der Waals surface area contributed by atoms with E-state index in [9.17, 15) is 4.79 Å². The Morgan fingerprint density at radius 2 is 1.30 bits per heavy atom. The van der Waals surface area contributed by atoms with Crippen LogP contribution in [0.3, 0.4) is 0 Å². The molecule has 6 heteroatoms. The summed E-state index contributed by atoms with van der Waals surface area (Å²) in [7, 11) is 0. The van der Waals surface area contributed by atoms with Crippen LogP contribution in [0.15, 0.2) is 0 Å². The van der Waals surface area contributed by atoms with Gasteiger partial charge in [0, 0.05) is 19.6 Å². The first-order chi connectivity index (χ1) is 13.2. The van der Waals surface area contributed by atoms with Gasteiger partial charge in [0.05, 0.1) is 46.2 Å². The van der Waals surface area contributed by atoms with Crippen molar-refractivity contribution < 1.29 is 28.5 Å². The molecule has 0 aliphatic carbocycles. The molecule has 0 fully saturated rings. The lowest BCUT2D eigenvalue weighted by atomic mass is 10.0. The van der Waals surface area contributed by atoms with E-state index >= 15 is 0 Å². The second-order valence-corrected chi connectivity index (χ2v) is 6.65. The maximum Gasteiger partial charge on any atom is 0.305 e. The maximum atomic E-state index is 11.3. The summed E-state index contributed by atoms with van der Waals surface area (Å²) >= 11 is 0. The van der Waals surface area contributed by atoms with Gasteiger partial charge in [-0.3, -0.25) is 4.79 Å². The van der Waals surface area contributed by atoms with Crippen molar-refractivity contribution in [3.05, 3.63) is 0 Å². The monoisotopic (exact) mass is 390 g/mol. The highest BCUT2D eigenvalue weighted by molar-refractivity contribution is 5.69. The van der Waals surface area contributed by atoms with Gasteiger partial charge in [0.15, 0.2) is 0 Å². The Kier molecular flexibility index (Phi) is 21.1. The first kappa shape index (κ1) is 26.3. The van der Waals surface area contributed by atoms with Crippen LogP contribution in [-0.4, -0.2) is 65.4 Å². The number of hydrogen-bond acceptors (Lipinski definition) is 6. The van der Waals surface area contributed by atoms with Gasteiger partial charge in [-0.15, -0.1) is 0 Å². The fourth-order valence-corrected chi connectivity index (χ4v) is 2.41. The first-order valence-electron chi connectivity index (χ1n) is 10.7. The quantitative estimate of drug-likeness (QED) is 0.218. The molecule has 0 saturated carbocycles. The highest BCUT2D eigenvalue weighted by Crippen LogP contribution is 2.12. The van der Waals surface area contributed by atoms with Crippen LogP contribution in [0.1, 0.15) is 65.7 Å². The third-order valence-corrected chi connectivity index (χ3v) is 4.15. The number of hydrogen-bond donors (Lipinski definition) is 0. The second kappa shape index (κ2) is 21.6. The molecule has 0 rings (SSSR count). The van der Waals surface area contributed by atoms with Crippen LogP contribution >= 0.6 is 0 Å². The molecule has 0 amide bonds. The molecule has 0 aromatic heterocycles.